The van der Waals surface area contributed by atoms with Crippen molar-refractivity contribution in [2.75, 3.05) is 13.1 Å². The van der Waals surface area contributed by atoms with Crippen molar-refractivity contribution >= 4 is 12.0 Å². The van der Waals surface area contributed by atoms with E-state index in [0.29, 0.717) is 13.1 Å². The number of carbonyl (C=O) groups is 2. The van der Waals surface area contributed by atoms with Crippen molar-refractivity contribution in [3.05, 3.63) is 35.9 Å². The summed E-state index contributed by atoms with van der Waals surface area (Å²) in [6, 6.07) is 9.48. The second kappa shape index (κ2) is 8.54. The van der Waals surface area contributed by atoms with Crippen molar-refractivity contribution in [3.8, 4) is 0 Å². The summed E-state index contributed by atoms with van der Waals surface area (Å²) in [5, 5.41) is 0. The van der Waals surface area contributed by atoms with Crippen molar-refractivity contribution in [2.45, 2.75) is 63.8 Å². The number of carbonyl (C=O) groups excluding carboxylic acids is 2. The van der Waals surface area contributed by atoms with E-state index >= 15 is 0 Å². The van der Waals surface area contributed by atoms with Gasteiger partial charge in [-0.2, -0.15) is 0 Å². The zero-order chi connectivity index (χ0) is 18.5. The van der Waals surface area contributed by atoms with Gasteiger partial charge in [0.25, 0.3) is 0 Å². The maximum atomic E-state index is 12.6. The number of nitrogens with two attached hydrogens (primary N) is 1. The minimum atomic E-state index is -0.502. The molecule has 1 aromatic rings. The first kappa shape index (κ1) is 18.7. The van der Waals surface area contributed by atoms with Crippen LogP contribution in [0.15, 0.2) is 30.3 Å². The van der Waals surface area contributed by atoms with Gasteiger partial charge in [-0.05, 0) is 44.6 Å². The Labute approximate surface area is 155 Å². The third-order valence-electron chi connectivity index (χ3n) is 5.13. The molecule has 2 unspecified atom stereocenters. The monoisotopic (exact) mass is 359 g/mol. The van der Waals surface area contributed by atoms with Gasteiger partial charge >= 0.3 is 6.09 Å². The van der Waals surface area contributed by atoms with E-state index in [9.17, 15) is 9.59 Å². The summed E-state index contributed by atoms with van der Waals surface area (Å²) >= 11 is 0. The zero-order valence-electron chi connectivity index (χ0n) is 15.5. The van der Waals surface area contributed by atoms with E-state index in [1.165, 1.54) is 0 Å². The fourth-order valence-corrected chi connectivity index (χ4v) is 3.53. The molecule has 6 heteroatoms. The highest BCUT2D eigenvalue weighted by Gasteiger charge is 2.38. The van der Waals surface area contributed by atoms with Crippen LogP contribution >= 0.6 is 0 Å². The van der Waals surface area contributed by atoms with Crippen molar-refractivity contribution in [3.63, 3.8) is 0 Å². The molecule has 1 saturated heterocycles. The van der Waals surface area contributed by atoms with E-state index in [1.54, 1.807) is 11.8 Å². The summed E-state index contributed by atoms with van der Waals surface area (Å²) < 4.78 is 5.52. The van der Waals surface area contributed by atoms with Gasteiger partial charge in [0.2, 0.25) is 5.91 Å². The Hall–Kier alpha value is -2.08. The maximum absolute atomic E-state index is 12.6. The van der Waals surface area contributed by atoms with Crippen molar-refractivity contribution in [1.82, 2.24) is 9.80 Å². The van der Waals surface area contributed by atoms with Crippen LogP contribution in [-0.4, -0.2) is 53.0 Å². The summed E-state index contributed by atoms with van der Waals surface area (Å²) in [6.07, 6.45) is 4.71. The van der Waals surface area contributed by atoms with Gasteiger partial charge in [0.1, 0.15) is 6.61 Å². The summed E-state index contributed by atoms with van der Waals surface area (Å²) in [6.45, 7) is 3.24. The molecule has 0 aromatic heterocycles. The summed E-state index contributed by atoms with van der Waals surface area (Å²) in [5.41, 5.74) is 6.79. The van der Waals surface area contributed by atoms with Gasteiger partial charge in [-0.1, -0.05) is 30.3 Å². The van der Waals surface area contributed by atoms with Gasteiger partial charge in [-0.15, -0.1) is 0 Å². The molecular formula is C20H29N3O3. The minimum Gasteiger partial charge on any atom is -0.445 e. The van der Waals surface area contributed by atoms with E-state index in [4.69, 9.17) is 10.5 Å². The second-order valence-electron chi connectivity index (χ2n) is 7.39. The Bertz CT molecular complexity index is 616. The number of hydrogen-bond acceptors (Lipinski definition) is 4. The molecule has 0 spiro atoms. The average Bonchev–Trinajstić information content (AvgIpc) is 3.49. The van der Waals surface area contributed by atoms with Gasteiger partial charge in [0.05, 0.1) is 12.1 Å². The highest BCUT2D eigenvalue weighted by Crippen LogP contribution is 2.29. The lowest BCUT2D eigenvalue weighted by molar-refractivity contribution is -0.133. The number of rotatable bonds is 6. The summed E-state index contributed by atoms with van der Waals surface area (Å²) in [7, 11) is 0. The quantitative estimate of drug-likeness (QED) is 0.847. The average molecular weight is 359 g/mol. The molecule has 6 nitrogen and oxygen atoms in total. The molecule has 2 N–H and O–H groups in total. The second-order valence-corrected chi connectivity index (χ2v) is 7.39. The van der Waals surface area contributed by atoms with E-state index in [1.807, 2.05) is 35.2 Å². The summed E-state index contributed by atoms with van der Waals surface area (Å²) in [5.74, 6) is -0.0179. The van der Waals surface area contributed by atoms with Crippen LogP contribution in [0.4, 0.5) is 4.79 Å². The fraction of sp³-hybridized carbons (Fsp3) is 0.600. The molecule has 2 aliphatic rings. The molecule has 26 heavy (non-hydrogen) atoms. The highest BCUT2D eigenvalue weighted by atomic mass is 16.6. The fourth-order valence-electron chi connectivity index (χ4n) is 3.53. The third-order valence-corrected chi connectivity index (χ3v) is 5.13. The molecular weight excluding hydrogens is 330 g/mol. The first-order valence-electron chi connectivity index (χ1n) is 9.59. The number of hydrogen-bond donors (Lipinski definition) is 1. The van der Waals surface area contributed by atoms with Gasteiger partial charge < -0.3 is 20.3 Å². The smallest absolute Gasteiger partial charge is 0.410 e. The van der Waals surface area contributed by atoms with Crippen LogP contribution in [0.1, 0.15) is 44.6 Å². The number of nitrogens with zero attached hydrogens (tertiary/aromatic N) is 2. The standard InChI is InChI=1S/C20H29N3O3/c1-15(21)19(24)23(17-10-11-17)13-18-9-5-6-12-22(18)20(25)26-14-16-7-3-2-4-8-16/h2-4,7-8,15,17-18H,5-6,9-14,21H2,1H3. The molecule has 3 rings (SSSR count). The van der Waals surface area contributed by atoms with Crippen LogP contribution < -0.4 is 5.73 Å². The highest BCUT2D eigenvalue weighted by molar-refractivity contribution is 5.82. The predicted octanol–water partition coefficient (Wildman–Crippen LogP) is 2.52. The number of likely N-dealkylation sites (tertiary alicyclic amines) is 1. The SMILES string of the molecule is CC(N)C(=O)N(CC1CCCCN1C(=O)OCc1ccccc1)C1CC1. The van der Waals surface area contributed by atoms with E-state index in [-0.39, 0.29) is 30.7 Å². The summed E-state index contributed by atoms with van der Waals surface area (Å²) in [4.78, 5) is 28.8. The molecule has 142 valence electrons. The zero-order valence-corrected chi connectivity index (χ0v) is 15.5. The van der Waals surface area contributed by atoms with Gasteiger partial charge in [0.15, 0.2) is 0 Å². The Balaban J connectivity index is 1.61. The molecule has 1 aliphatic carbocycles. The Morgan fingerprint density at radius 3 is 2.62 bits per heavy atom. The Morgan fingerprint density at radius 1 is 1.23 bits per heavy atom. The number of piperidine rings is 1. The minimum absolute atomic E-state index is 0.00956. The lowest BCUT2D eigenvalue weighted by atomic mass is 10.0. The first-order chi connectivity index (χ1) is 12.6. The molecule has 1 aromatic carbocycles. The van der Waals surface area contributed by atoms with Crippen molar-refractivity contribution < 1.29 is 14.3 Å². The first-order valence-corrected chi connectivity index (χ1v) is 9.59. The lowest BCUT2D eigenvalue weighted by Crippen LogP contribution is -2.53. The molecule has 2 atom stereocenters. The van der Waals surface area contributed by atoms with Crippen LogP contribution in [0.25, 0.3) is 0 Å². The molecule has 2 amide bonds. The number of benzene rings is 1. The third kappa shape index (κ3) is 4.75. The Kier molecular flexibility index (Phi) is 6.14. The number of amides is 2. The number of ether oxygens (including phenoxy) is 1. The molecule has 0 bridgehead atoms. The van der Waals surface area contributed by atoms with Gasteiger partial charge in [0, 0.05) is 19.1 Å². The van der Waals surface area contributed by atoms with Crippen molar-refractivity contribution in [2.24, 2.45) is 5.73 Å². The topological polar surface area (TPSA) is 75.9 Å². The normalized spacial score (nSPS) is 21.2. The largest absolute Gasteiger partial charge is 0.445 e. The lowest BCUT2D eigenvalue weighted by Gasteiger charge is -2.38. The van der Waals surface area contributed by atoms with Crippen LogP contribution in [0, 0.1) is 0 Å². The Morgan fingerprint density at radius 2 is 1.96 bits per heavy atom. The van der Waals surface area contributed by atoms with E-state index in [0.717, 1.165) is 37.7 Å². The van der Waals surface area contributed by atoms with Crippen LogP contribution in [0.2, 0.25) is 0 Å². The maximum Gasteiger partial charge on any atom is 0.410 e. The molecule has 1 aliphatic heterocycles. The molecule has 1 heterocycles. The van der Waals surface area contributed by atoms with Gasteiger partial charge in [-0.3, -0.25) is 4.79 Å². The molecule has 0 radical (unpaired) electrons. The van der Waals surface area contributed by atoms with Crippen molar-refractivity contribution in [1.29, 1.82) is 0 Å². The predicted molar refractivity (Wildman–Crippen MR) is 99.4 cm³/mol. The molecule has 1 saturated carbocycles. The van der Waals surface area contributed by atoms with Crippen LogP contribution in [0.3, 0.4) is 0 Å². The van der Waals surface area contributed by atoms with Crippen LogP contribution in [0.5, 0.6) is 0 Å². The van der Waals surface area contributed by atoms with E-state index in [2.05, 4.69) is 0 Å². The van der Waals surface area contributed by atoms with Crippen LogP contribution in [-0.2, 0) is 16.1 Å². The van der Waals surface area contributed by atoms with E-state index < -0.39 is 6.04 Å². The molecule has 2 fully saturated rings. The van der Waals surface area contributed by atoms with Gasteiger partial charge in [-0.25, -0.2) is 4.79 Å².